The molecule has 0 heterocycles. The lowest BCUT2D eigenvalue weighted by Crippen LogP contribution is -2.56. The number of amides is 1. The summed E-state index contributed by atoms with van der Waals surface area (Å²) in [5, 5.41) is 3.13. The zero-order valence-electron chi connectivity index (χ0n) is 14.0. The van der Waals surface area contributed by atoms with Crippen LogP contribution >= 0.6 is 0 Å². The molecule has 4 saturated carbocycles. The molecule has 0 saturated heterocycles. The molecule has 4 bridgehead atoms. The summed E-state index contributed by atoms with van der Waals surface area (Å²) in [6, 6.07) is 0. The number of hydrogen-bond donors (Lipinski definition) is 1. The third-order valence-electron chi connectivity index (χ3n) is 6.15. The molecular weight excluding hydrogens is 258 g/mol. The first-order valence-electron chi connectivity index (χ1n) is 8.74. The first-order chi connectivity index (χ1) is 9.86. The second kappa shape index (κ2) is 5.14. The Kier molecular flexibility index (Phi) is 3.70. The Labute approximate surface area is 129 Å². The van der Waals surface area contributed by atoms with Gasteiger partial charge in [0, 0.05) is 13.0 Å². The standard InChI is InChI=1S/C19H31NO/c1-4-5-6-7-20-16(21)11-19-10-15-8-17(2,13-19)12-18(3,9-15)14-19/h4-5,15H,6-14H2,1-3H3,(H,20,21)/b5-4+. The van der Waals surface area contributed by atoms with Crippen molar-refractivity contribution in [1.82, 2.24) is 5.32 Å². The summed E-state index contributed by atoms with van der Waals surface area (Å²) in [4.78, 5) is 12.4. The largest absolute Gasteiger partial charge is 0.356 e. The average Bonchev–Trinajstić information content (AvgIpc) is 2.29. The molecule has 0 aliphatic heterocycles. The van der Waals surface area contributed by atoms with Gasteiger partial charge in [0.15, 0.2) is 0 Å². The molecule has 1 N–H and O–H groups in total. The van der Waals surface area contributed by atoms with E-state index in [-0.39, 0.29) is 5.91 Å². The molecule has 4 rings (SSSR count). The fourth-order valence-electron chi connectivity index (χ4n) is 6.75. The van der Waals surface area contributed by atoms with Crippen molar-refractivity contribution in [3.63, 3.8) is 0 Å². The van der Waals surface area contributed by atoms with Crippen LogP contribution in [0.4, 0.5) is 0 Å². The Morgan fingerprint density at radius 1 is 1.14 bits per heavy atom. The van der Waals surface area contributed by atoms with Crippen LogP contribution in [0.3, 0.4) is 0 Å². The summed E-state index contributed by atoms with van der Waals surface area (Å²) >= 11 is 0. The second-order valence-corrected chi connectivity index (χ2v) is 9.01. The Balaban J connectivity index is 1.63. The fourth-order valence-corrected chi connectivity index (χ4v) is 6.75. The maximum absolute atomic E-state index is 12.4. The van der Waals surface area contributed by atoms with Crippen molar-refractivity contribution in [2.24, 2.45) is 22.2 Å². The number of allylic oxidation sites excluding steroid dienone is 1. The Hall–Kier alpha value is -0.790. The van der Waals surface area contributed by atoms with Crippen LogP contribution in [0.1, 0.15) is 72.1 Å². The average molecular weight is 289 g/mol. The monoisotopic (exact) mass is 289 g/mol. The van der Waals surface area contributed by atoms with E-state index in [0.717, 1.165) is 25.3 Å². The Morgan fingerprint density at radius 3 is 2.38 bits per heavy atom. The van der Waals surface area contributed by atoms with Crippen LogP contribution in [0.25, 0.3) is 0 Å². The van der Waals surface area contributed by atoms with Gasteiger partial charge < -0.3 is 5.32 Å². The van der Waals surface area contributed by atoms with Gasteiger partial charge in [-0.05, 0) is 74.0 Å². The molecule has 2 atom stereocenters. The highest BCUT2D eigenvalue weighted by Crippen LogP contribution is 2.70. The number of nitrogens with one attached hydrogen (secondary N) is 1. The van der Waals surface area contributed by atoms with E-state index >= 15 is 0 Å². The zero-order valence-corrected chi connectivity index (χ0v) is 14.0. The van der Waals surface area contributed by atoms with Crippen LogP contribution in [0.5, 0.6) is 0 Å². The smallest absolute Gasteiger partial charge is 0.220 e. The molecule has 1 amide bonds. The van der Waals surface area contributed by atoms with Crippen LogP contribution in [-0.2, 0) is 4.79 Å². The fraction of sp³-hybridized carbons (Fsp3) is 0.842. The highest BCUT2D eigenvalue weighted by Gasteiger charge is 2.60. The van der Waals surface area contributed by atoms with E-state index in [1.807, 2.05) is 13.0 Å². The highest BCUT2D eigenvalue weighted by molar-refractivity contribution is 5.76. The summed E-state index contributed by atoms with van der Waals surface area (Å²) < 4.78 is 0. The molecule has 4 fully saturated rings. The van der Waals surface area contributed by atoms with Crippen molar-refractivity contribution >= 4 is 5.91 Å². The van der Waals surface area contributed by atoms with E-state index in [4.69, 9.17) is 0 Å². The molecule has 4 aliphatic carbocycles. The lowest BCUT2D eigenvalue weighted by molar-refractivity contribution is -0.156. The van der Waals surface area contributed by atoms with Gasteiger partial charge >= 0.3 is 0 Å². The molecule has 0 aromatic rings. The van der Waals surface area contributed by atoms with E-state index in [0.29, 0.717) is 16.2 Å². The molecule has 2 unspecified atom stereocenters. The SMILES string of the molecule is C/C=C/CCNC(=O)CC12CC3CC(C)(CC(C)(C3)C1)C2. The van der Waals surface area contributed by atoms with Crippen LogP contribution in [-0.4, -0.2) is 12.5 Å². The van der Waals surface area contributed by atoms with Gasteiger partial charge in [-0.1, -0.05) is 26.0 Å². The van der Waals surface area contributed by atoms with Gasteiger partial charge in [0.2, 0.25) is 5.91 Å². The van der Waals surface area contributed by atoms with Crippen molar-refractivity contribution < 1.29 is 4.79 Å². The molecule has 0 spiro atoms. The molecule has 21 heavy (non-hydrogen) atoms. The van der Waals surface area contributed by atoms with E-state index in [2.05, 4.69) is 25.2 Å². The third-order valence-corrected chi connectivity index (χ3v) is 6.15. The van der Waals surface area contributed by atoms with Gasteiger partial charge in [0.1, 0.15) is 0 Å². The highest BCUT2D eigenvalue weighted by atomic mass is 16.1. The summed E-state index contributed by atoms with van der Waals surface area (Å²) in [6.07, 6.45) is 14.0. The van der Waals surface area contributed by atoms with E-state index in [1.165, 1.54) is 38.5 Å². The predicted molar refractivity (Wildman–Crippen MR) is 86.9 cm³/mol. The molecule has 2 heteroatoms. The van der Waals surface area contributed by atoms with E-state index in [1.54, 1.807) is 0 Å². The summed E-state index contributed by atoms with van der Waals surface area (Å²) in [7, 11) is 0. The molecule has 0 radical (unpaired) electrons. The lowest BCUT2D eigenvalue weighted by atomic mass is 9.40. The van der Waals surface area contributed by atoms with Crippen molar-refractivity contribution in [2.45, 2.75) is 72.1 Å². The number of carbonyl (C=O) groups excluding carboxylic acids is 1. The molecule has 4 aliphatic rings. The van der Waals surface area contributed by atoms with Crippen LogP contribution < -0.4 is 5.32 Å². The van der Waals surface area contributed by atoms with Gasteiger partial charge in [-0.15, -0.1) is 0 Å². The van der Waals surface area contributed by atoms with Gasteiger partial charge in [-0.2, -0.15) is 0 Å². The second-order valence-electron chi connectivity index (χ2n) is 9.01. The minimum absolute atomic E-state index is 0.286. The van der Waals surface area contributed by atoms with Crippen LogP contribution in [0.15, 0.2) is 12.2 Å². The van der Waals surface area contributed by atoms with Crippen molar-refractivity contribution in [2.75, 3.05) is 6.54 Å². The van der Waals surface area contributed by atoms with Crippen LogP contribution in [0.2, 0.25) is 0 Å². The van der Waals surface area contributed by atoms with Gasteiger partial charge in [0.25, 0.3) is 0 Å². The van der Waals surface area contributed by atoms with Crippen molar-refractivity contribution in [1.29, 1.82) is 0 Å². The minimum atomic E-state index is 0.286. The molecular formula is C19H31NO. The molecule has 2 nitrogen and oxygen atoms in total. The first kappa shape index (κ1) is 15.1. The van der Waals surface area contributed by atoms with Gasteiger partial charge in [0.05, 0.1) is 0 Å². The van der Waals surface area contributed by atoms with Crippen LogP contribution in [0, 0.1) is 22.2 Å². The zero-order chi connectivity index (χ0) is 15.1. The maximum Gasteiger partial charge on any atom is 0.220 e. The maximum atomic E-state index is 12.4. The quantitative estimate of drug-likeness (QED) is 0.588. The Bertz CT molecular complexity index is 434. The molecule has 118 valence electrons. The normalized spacial score (nSPS) is 44.4. The molecule has 0 aromatic carbocycles. The van der Waals surface area contributed by atoms with E-state index in [9.17, 15) is 4.79 Å². The van der Waals surface area contributed by atoms with Crippen molar-refractivity contribution in [3.05, 3.63) is 12.2 Å². The predicted octanol–water partition coefficient (Wildman–Crippen LogP) is 4.46. The minimum Gasteiger partial charge on any atom is -0.356 e. The summed E-state index contributed by atoms with van der Waals surface area (Å²) in [5.41, 5.74) is 1.34. The Morgan fingerprint density at radius 2 is 1.81 bits per heavy atom. The first-order valence-corrected chi connectivity index (χ1v) is 8.74. The lowest BCUT2D eigenvalue weighted by Gasteiger charge is -2.65. The summed E-state index contributed by atoms with van der Waals surface area (Å²) in [5.74, 6) is 1.17. The van der Waals surface area contributed by atoms with E-state index < -0.39 is 0 Å². The van der Waals surface area contributed by atoms with Crippen molar-refractivity contribution in [3.8, 4) is 0 Å². The number of hydrogen-bond acceptors (Lipinski definition) is 1. The van der Waals surface area contributed by atoms with Gasteiger partial charge in [-0.3, -0.25) is 4.79 Å². The topological polar surface area (TPSA) is 29.1 Å². The summed E-state index contributed by atoms with van der Waals surface area (Å²) in [6.45, 7) is 7.78. The number of rotatable bonds is 5. The number of carbonyl (C=O) groups is 1. The third kappa shape index (κ3) is 3.05. The molecule has 0 aromatic heterocycles. The van der Waals surface area contributed by atoms with Gasteiger partial charge in [-0.25, -0.2) is 0 Å².